The van der Waals surface area contributed by atoms with Gasteiger partial charge in [-0.1, -0.05) is 24.0 Å². The topological polar surface area (TPSA) is 92.7 Å². The summed E-state index contributed by atoms with van der Waals surface area (Å²) in [4.78, 5) is 34.5. The molecule has 6 nitrogen and oxygen atoms in total. The summed E-state index contributed by atoms with van der Waals surface area (Å²) in [5.41, 5.74) is 2.37. The van der Waals surface area contributed by atoms with Crippen LogP contribution in [0.2, 0.25) is 0 Å². The summed E-state index contributed by atoms with van der Waals surface area (Å²) in [6, 6.07) is 12.2. The number of esters is 1. The average Bonchev–Trinajstić information content (AvgIpc) is 2.70. The number of hydrogen-bond donors (Lipinski definition) is 2. The minimum absolute atomic E-state index is 0.324. The van der Waals surface area contributed by atoms with Crippen molar-refractivity contribution in [2.75, 3.05) is 7.11 Å². The molecule has 0 aliphatic heterocycles. The van der Waals surface area contributed by atoms with Gasteiger partial charge in [-0.3, -0.25) is 9.59 Å². The van der Waals surface area contributed by atoms with E-state index in [4.69, 9.17) is 0 Å². The average molecular weight is 365 g/mol. The zero-order valence-electron chi connectivity index (χ0n) is 14.9. The van der Waals surface area contributed by atoms with E-state index in [9.17, 15) is 19.5 Å². The fourth-order valence-corrected chi connectivity index (χ4v) is 2.22. The van der Waals surface area contributed by atoms with Crippen LogP contribution < -0.4 is 5.32 Å². The highest BCUT2D eigenvalue weighted by Crippen LogP contribution is 2.06. The fraction of sp³-hybridized carbons (Fsp3) is 0.190. The third-order valence-electron chi connectivity index (χ3n) is 3.77. The zero-order chi connectivity index (χ0) is 19.8. The maximum absolute atomic E-state index is 12.2. The predicted molar refractivity (Wildman–Crippen MR) is 99.2 cm³/mol. The summed E-state index contributed by atoms with van der Waals surface area (Å²) in [7, 11) is 1.18. The van der Waals surface area contributed by atoms with Crippen LogP contribution >= 0.6 is 0 Å². The summed E-state index contributed by atoms with van der Waals surface area (Å²) in [6.07, 6.45) is -0.319. The molecule has 0 aromatic heterocycles. The number of rotatable bonds is 5. The van der Waals surface area contributed by atoms with E-state index in [-0.39, 0.29) is 0 Å². The predicted octanol–water partition coefficient (Wildman–Crippen LogP) is 1.55. The third-order valence-corrected chi connectivity index (χ3v) is 3.77. The number of benzene rings is 2. The molecule has 1 unspecified atom stereocenters. The summed E-state index contributed by atoms with van der Waals surface area (Å²) >= 11 is 0. The van der Waals surface area contributed by atoms with Crippen LogP contribution in [0.1, 0.15) is 38.8 Å². The van der Waals surface area contributed by atoms with Gasteiger partial charge in [0.05, 0.1) is 13.2 Å². The SMILES string of the molecule is COC(=O)C(NC(=O)c1ccc(C#Cc2ccc(C=O)cc2)cc1)[C@@H](C)O. The smallest absolute Gasteiger partial charge is 0.331 e. The van der Waals surface area contributed by atoms with E-state index in [2.05, 4.69) is 21.9 Å². The molecule has 1 amide bonds. The van der Waals surface area contributed by atoms with Crippen molar-refractivity contribution in [2.24, 2.45) is 0 Å². The molecule has 0 fully saturated rings. The molecule has 0 spiro atoms. The van der Waals surface area contributed by atoms with Crippen molar-refractivity contribution in [3.8, 4) is 11.8 Å². The number of nitrogens with one attached hydrogen (secondary N) is 1. The molecular formula is C21H19NO5. The molecule has 138 valence electrons. The number of aliphatic hydroxyl groups excluding tert-OH is 1. The van der Waals surface area contributed by atoms with Crippen molar-refractivity contribution < 1.29 is 24.2 Å². The largest absolute Gasteiger partial charge is 0.467 e. The Hall–Kier alpha value is -3.43. The Labute approximate surface area is 157 Å². The summed E-state index contributed by atoms with van der Waals surface area (Å²) < 4.78 is 4.57. The highest BCUT2D eigenvalue weighted by Gasteiger charge is 2.26. The molecule has 0 aliphatic rings. The molecule has 2 rings (SSSR count). The number of carbonyl (C=O) groups is 3. The van der Waals surface area contributed by atoms with Crippen molar-refractivity contribution >= 4 is 18.2 Å². The Kier molecular flexibility index (Phi) is 6.86. The van der Waals surface area contributed by atoms with Gasteiger partial charge in [0.1, 0.15) is 6.29 Å². The third kappa shape index (κ3) is 5.53. The quantitative estimate of drug-likeness (QED) is 0.476. The molecule has 0 heterocycles. The van der Waals surface area contributed by atoms with Gasteiger partial charge in [-0.2, -0.15) is 0 Å². The van der Waals surface area contributed by atoms with Crippen LogP contribution in [0.4, 0.5) is 0 Å². The molecule has 2 aromatic carbocycles. The Bertz CT molecular complexity index is 874. The Morgan fingerprint density at radius 2 is 1.56 bits per heavy atom. The Balaban J connectivity index is 2.08. The fourth-order valence-electron chi connectivity index (χ4n) is 2.22. The summed E-state index contributed by atoms with van der Waals surface area (Å²) in [6.45, 7) is 1.39. The van der Waals surface area contributed by atoms with Gasteiger partial charge in [0.15, 0.2) is 6.04 Å². The van der Waals surface area contributed by atoms with E-state index in [1.165, 1.54) is 14.0 Å². The Morgan fingerprint density at radius 3 is 2.00 bits per heavy atom. The maximum Gasteiger partial charge on any atom is 0.331 e. The van der Waals surface area contributed by atoms with Crippen molar-refractivity contribution in [3.63, 3.8) is 0 Å². The summed E-state index contributed by atoms with van der Waals surface area (Å²) in [5.74, 6) is 4.71. The normalized spacial score (nSPS) is 12.1. The minimum Gasteiger partial charge on any atom is -0.467 e. The second-order valence-electron chi connectivity index (χ2n) is 5.78. The van der Waals surface area contributed by atoms with Gasteiger partial charge < -0.3 is 15.2 Å². The van der Waals surface area contributed by atoms with Gasteiger partial charge >= 0.3 is 5.97 Å². The highest BCUT2D eigenvalue weighted by atomic mass is 16.5. The lowest BCUT2D eigenvalue weighted by molar-refractivity contribution is -0.145. The van der Waals surface area contributed by atoms with Crippen LogP contribution in [0.15, 0.2) is 48.5 Å². The zero-order valence-corrected chi connectivity index (χ0v) is 14.9. The van der Waals surface area contributed by atoms with Crippen molar-refractivity contribution in [2.45, 2.75) is 19.1 Å². The van der Waals surface area contributed by atoms with Crippen molar-refractivity contribution in [1.29, 1.82) is 0 Å². The molecule has 2 aromatic rings. The first kappa shape index (κ1) is 19.9. The van der Waals surface area contributed by atoms with Crippen LogP contribution in [-0.2, 0) is 9.53 Å². The van der Waals surface area contributed by atoms with Gasteiger partial charge in [0.25, 0.3) is 5.91 Å². The van der Waals surface area contributed by atoms with E-state index < -0.39 is 24.0 Å². The molecule has 0 radical (unpaired) electrons. The van der Waals surface area contributed by atoms with Gasteiger partial charge in [0.2, 0.25) is 0 Å². The van der Waals surface area contributed by atoms with E-state index in [0.29, 0.717) is 16.7 Å². The van der Waals surface area contributed by atoms with Crippen molar-refractivity contribution in [1.82, 2.24) is 5.32 Å². The second kappa shape index (κ2) is 9.32. The first-order chi connectivity index (χ1) is 12.9. The first-order valence-corrected chi connectivity index (χ1v) is 8.18. The maximum atomic E-state index is 12.2. The number of amides is 1. The number of hydrogen-bond acceptors (Lipinski definition) is 5. The lowest BCUT2D eigenvalue weighted by Gasteiger charge is -2.18. The van der Waals surface area contributed by atoms with Crippen LogP contribution in [0.25, 0.3) is 0 Å². The number of aliphatic hydroxyl groups is 1. The van der Waals surface area contributed by atoms with Gasteiger partial charge in [-0.05, 0) is 43.3 Å². The van der Waals surface area contributed by atoms with Crippen molar-refractivity contribution in [3.05, 3.63) is 70.8 Å². The molecule has 0 saturated heterocycles. The lowest BCUT2D eigenvalue weighted by Crippen LogP contribution is -2.48. The monoisotopic (exact) mass is 365 g/mol. The molecule has 27 heavy (non-hydrogen) atoms. The minimum atomic E-state index is -1.14. The Morgan fingerprint density at radius 1 is 1.04 bits per heavy atom. The molecule has 0 saturated carbocycles. The number of methoxy groups -OCH3 is 1. The molecule has 0 aliphatic carbocycles. The van der Waals surface area contributed by atoms with Gasteiger partial charge in [-0.25, -0.2) is 4.79 Å². The summed E-state index contributed by atoms with van der Waals surface area (Å²) in [5, 5.41) is 12.1. The number of ether oxygens (including phenoxy) is 1. The van der Waals surface area contributed by atoms with Crippen LogP contribution in [0.3, 0.4) is 0 Å². The molecular weight excluding hydrogens is 346 g/mol. The van der Waals surface area contributed by atoms with Crippen LogP contribution in [0, 0.1) is 11.8 Å². The van der Waals surface area contributed by atoms with E-state index >= 15 is 0 Å². The molecule has 0 bridgehead atoms. The van der Waals surface area contributed by atoms with E-state index in [0.717, 1.165) is 11.8 Å². The van der Waals surface area contributed by atoms with E-state index in [1.54, 1.807) is 48.5 Å². The first-order valence-electron chi connectivity index (χ1n) is 8.18. The molecule has 2 N–H and O–H groups in total. The lowest BCUT2D eigenvalue weighted by atomic mass is 10.1. The van der Waals surface area contributed by atoms with E-state index in [1.807, 2.05) is 0 Å². The number of aldehydes is 1. The standard InChI is InChI=1S/C21H19NO5/c1-14(24)19(21(26)27-2)22-20(25)18-11-9-16(10-12-18)4-3-15-5-7-17(13-23)8-6-15/h5-14,19,24H,1-2H3,(H,22,25)/t14-,19?/m1/s1. The highest BCUT2D eigenvalue weighted by molar-refractivity contribution is 5.97. The second-order valence-corrected chi connectivity index (χ2v) is 5.78. The van der Waals surface area contributed by atoms with Crippen LogP contribution in [0.5, 0.6) is 0 Å². The van der Waals surface area contributed by atoms with Gasteiger partial charge in [0, 0.05) is 22.3 Å². The number of carbonyl (C=O) groups excluding carboxylic acids is 3. The van der Waals surface area contributed by atoms with Crippen LogP contribution in [-0.4, -0.2) is 42.5 Å². The molecule has 6 heteroatoms. The van der Waals surface area contributed by atoms with Gasteiger partial charge in [-0.15, -0.1) is 0 Å². The molecule has 2 atom stereocenters.